The van der Waals surface area contributed by atoms with Crippen LogP contribution in [0.1, 0.15) is 26.5 Å². The van der Waals surface area contributed by atoms with Gasteiger partial charge < -0.3 is 10.2 Å². The highest BCUT2D eigenvalue weighted by Crippen LogP contribution is 2.23. The van der Waals surface area contributed by atoms with Crippen molar-refractivity contribution >= 4 is 16.5 Å². The van der Waals surface area contributed by atoms with E-state index in [1.165, 1.54) is 0 Å². The molecule has 86 valence electrons. The molecule has 0 aromatic carbocycles. The maximum absolute atomic E-state index is 4.59. The summed E-state index contributed by atoms with van der Waals surface area (Å²) < 4.78 is 0. The van der Waals surface area contributed by atoms with Gasteiger partial charge in [0.2, 0.25) is 0 Å². The molecule has 0 aliphatic rings. The Morgan fingerprint density at radius 3 is 2.67 bits per heavy atom. The van der Waals surface area contributed by atoms with Gasteiger partial charge in [-0.2, -0.15) is 0 Å². The zero-order valence-electron chi connectivity index (χ0n) is 10.2. The highest BCUT2D eigenvalue weighted by molar-refractivity contribution is 7.13. The van der Waals surface area contributed by atoms with E-state index in [0.29, 0.717) is 12.0 Å². The Hall–Kier alpha value is -0.610. The summed E-state index contributed by atoms with van der Waals surface area (Å²) in [5.74, 6) is 0.645. The predicted molar refractivity (Wildman–Crippen MR) is 67.6 cm³/mol. The predicted octanol–water partition coefficient (Wildman–Crippen LogP) is 2.34. The Kier molecular flexibility index (Phi) is 4.54. The van der Waals surface area contributed by atoms with Crippen LogP contribution in [0.2, 0.25) is 0 Å². The smallest absolute Gasteiger partial charge is 0.185 e. The minimum absolute atomic E-state index is 0.526. The molecular weight excluding hydrogens is 206 g/mol. The molecule has 3 nitrogen and oxygen atoms in total. The van der Waals surface area contributed by atoms with Crippen LogP contribution in [0, 0.1) is 5.92 Å². The lowest BCUT2D eigenvalue weighted by atomic mass is 10.1. The van der Waals surface area contributed by atoms with E-state index in [1.807, 2.05) is 7.05 Å². The zero-order chi connectivity index (χ0) is 11.4. The van der Waals surface area contributed by atoms with Crippen molar-refractivity contribution < 1.29 is 0 Å². The van der Waals surface area contributed by atoms with Gasteiger partial charge in [0.15, 0.2) is 5.13 Å². The summed E-state index contributed by atoms with van der Waals surface area (Å²) in [5.41, 5.74) is 1.13. The van der Waals surface area contributed by atoms with Crippen LogP contribution < -0.4 is 10.2 Å². The molecule has 0 aliphatic heterocycles. The van der Waals surface area contributed by atoms with Crippen molar-refractivity contribution in [3.8, 4) is 0 Å². The SMILES string of the molecule is CNCc1csc(N(C)C(C)C(C)C)n1. The first-order valence-corrected chi connectivity index (χ1v) is 6.26. The van der Waals surface area contributed by atoms with E-state index in [2.05, 4.69) is 48.4 Å². The molecule has 0 fully saturated rings. The molecule has 1 atom stereocenters. The quantitative estimate of drug-likeness (QED) is 0.837. The second-order valence-electron chi connectivity index (χ2n) is 4.25. The lowest BCUT2D eigenvalue weighted by Crippen LogP contribution is -2.33. The maximum Gasteiger partial charge on any atom is 0.185 e. The third-order valence-corrected chi connectivity index (χ3v) is 3.75. The van der Waals surface area contributed by atoms with Crippen LogP contribution in [0.3, 0.4) is 0 Å². The Labute approximate surface area is 96.5 Å². The van der Waals surface area contributed by atoms with E-state index in [4.69, 9.17) is 0 Å². The summed E-state index contributed by atoms with van der Waals surface area (Å²) in [7, 11) is 4.06. The van der Waals surface area contributed by atoms with Gasteiger partial charge in [-0.1, -0.05) is 13.8 Å². The largest absolute Gasteiger partial charge is 0.348 e. The van der Waals surface area contributed by atoms with Crippen molar-refractivity contribution in [1.82, 2.24) is 10.3 Å². The summed E-state index contributed by atoms with van der Waals surface area (Å²) in [6.07, 6.45) is 0. The van der Waals surface area contributed by atoms with Crippen LogP contribution in [0.5, 0.6) is 0 Å². The number of nitrogens with zero attached hydrogens (tertiary/aromatic N) is 2. The van der Waals surface area contributed by atoms with E-state index in [1.54, 1.807) is 11.3 Å². The second kappa shape index (κ2) is 5.47. The first-order valence-electron chi connectivity index (χ1n) is 5.38. The molecule has 4 heteroatoms. The van der Waals surface area contributed by atoms with E-state index < -0.39 is 0 Å². The highest BCUT2D eigenvalue weighted by atomic mass is 32.1. The van der Waals surface area contributed by atoms with E-state index in [0.717, 1.165) is 17.4 Å². The number of anilines is 1. The fraction of sp³-hybridized carbons (Fsp3) is 0.727. The summed E-state index contributed by atoms with van der Waals surface area (Å²) >= 11 is 1.72. The van der Waals surface area contributed by atoms with E-state index >= 15 is 0 Å². The molecule has 0 radical (unpaired) electrons. The maximum atomic E-state index is 4.59. The van der Waals surface area contributed by atoms with Gasteiger partial charge in [-0.3, -0.25) is 0 Å². The highest BCUT2D eigenvalue weighted by Gasteiger charge is 2.16. The Morgan fingerprint density at radius 2 is 2.13 bits per heavy atom. The number of nitrogens with one attached hydrogen (secondary N) is 1. The lowest BCUT2D eigenvalue weighted by molar-refractivity contribution is 0.505. The topological polar surface area (TPSA) is 28.2 Å². The van der Waals surface area contributed by atoms with Crippen molar-refractivity contribution in [3.63, 3.8) is 0 Å². The van der Waals surface area contributed by atoms with Gasteiger partial charge in [-0.05, 0) is 19.9 Å². The molecule has 0 saturated carbocycles. The molecular formula is C11H21N3S. The van der Waals surface area contributed by atoms with Crippen molar-refractivity contribution in [2.75, 3.05) is 19.0 Å². The molecule has 1 aromatic heterocycles. The monoisotopic (exact) mass is 227 g/mol. The summed E-state index contributed by atoms with van der Waals surface area (Å²) in [6, 6.07) is 0.526. The Bertz CT molecular complexity index is 296. The molecule has 1 N–H and O–H groups in total. The fourth-order valence-electron chi connectivity index (χ4n) is 1.34. The molecule has 0 amide bonds. The van der Waals surface area contributed by atoms with Gasteiger partial charge in [0.05, 0.1) is 5.69 Å². The fourth-order valence-corrected chi connectivity index (χ4v) is 2.22. The molecule has 1 unspecified atom stereocenters. The lowest BCUT2D eigenvalue weighted by Gasteiger charge is -2.27. The van der Waals surface area contributed by atoms with Crippen LogP contribution in [-0.2, 0) is 6.54 Å². The second-order valence-corrected chi connectivity index (χ2v) is 5.08. The van der Waals surface area contributed by atoms with Crippen molar-refractivity contribution in [2.24, 2.45) is 5.92 Å². The molecule has 1 heterocycles. The normalized spacial score (nSPS) is 13.2. The standard InChI is InChI=1S/C11H21N3S/c1-8(2)9(3)14(5)11-13-10(6-12-4)7-15-11/h7-9,12H,6H2,1-5H3. The van der Waals surface area contributed by atoms with Crippen LogP contribution in [0.15, 0.2) is 5.38 Å². The minimum Gasteiger partial charge on any atom is -0.348 e. The summed E-state index contributed by atoms with van der Waals surface area (Å²) in [6.45, 7) is 7.57. The summed E-state index contributed by atoms with van der Waals surface area (Å²) in [4.78, 5) is 6.84. The Morgan fingerprint density at radius 1 is 1.47 bits per heavy atom. The number of hydrogen-bond donors (Lipinski definition) is 1. The van der Waals surface area contributed by atoms with Crippen LogP contribution in [0.25, 0.3) is 0 Å². The average Bonchev–Trinajstić information content (AvgIpc) is 2.64. The first-order chi connectivity index (χ1) is 7.06. The van der Waals surface area contributed by atoms with Crippen LogP contribution >= 0.6 is 11.3 Å². The molecule has 0 spiro atoms. The van der Waals surface area contributed by atoms with E-state index in [-0.39, 0.29) is 0 Å². The molecule has 15 heavy (non-hydrogen) atoms. The van der Waals surface area contributed by atoms with Gasteiger partial charge >= 0.3 is 0 Å². The van der Waals surface area contributed by atoms with Gasteiger partial charge in [0, 0.05) is 25.0 Å². The molecule has 0 saturated heterocycles. The van der Waals surface area contributed by atoms with Crippen molar-refractivity contribution in [2.45, 2.75) is 33.4 Å². The van der Waals surface area contributed by atoms with E-state index in [9.17, 15) is 0 Å². The first kappa shape index (κ1) is 12.5. The number of thiazole rings is 1. The van der Waals surface area contributed by atoms with Gasteiger partial charge in [0.1, 0.15) is 0 Å². The third-order valence-electron chi connectivity index (χ3n) is 2.77. The average molecular weight is 227 g/mol. The van der Waals surface area contributed by atoms with Crippen molar-refractivity contribution in [1.29, 1.82) is 0 Å². The van der Waals surface area contributed by atoms with Gasteiger partial charge in [-0.15, -0.1) is 11.3 Å². The third kappa shape index (κ3) is 3.18. The summed E-state index contributed by atoms with van der Waals surface area (Å²) in [5, 5.41) is 6.35. The van der Waals surface area contributed by atoms with Crippen LogP contribution in [0.4, 0.5) is 5.13 Å². The molecule has 0 aliphatic carbocycles. The van der Waals surface area contributed by atoms with Gasteiger partial charge in [0.25, 0.3) is 0 Å². The number of aromatic nitrogens is 1. The molecule has 0 bridgehead atoms. The number of rotatable bonds is 5. The van der Waals surface area contributed by atoms with Crippen LogP contribution in [-0.4, -0.2) is 25.1 Å². The van der Waals surface area contributed by atoms with Crippen molar-refractivity contribution in [3.05, 3.63) is 11.1 Å². The Balaban J connectivity index is 2.69. The molecule has 1 rings (SSSR count). The number of hydrogen-bond acceptors (Lipinski definition) is 4. The minimum atomic E-state index is 0.526. The zero-order valence-corrected chi connectivity index (χ0v) is 11.1. The van der Waals surface area contributed by atoms with Gasteiger partial charge in [-0.25, -0.2) is 4.98 Å². The molecule has 1 aromatic rings.